The van der Waals surface area contributed by atoms with E-state index in [2.05, 4.69) is 46.4 Å². The third kappa shape index (κ3) is 2.48. The summed E-state index contributed by atoms with van der Waals surface area (Å²) < 4.78 is 15.3. The Morgan fingerprint density at radius 3 is 2.74 bits per heavy atom. The number of hydrogen-bond acceptors (Lipinski definition) is 3. The Labute approximate surface area is 139 Å². The smallest absolute Gasteiger partial charge is 0.146 e. The summed E-state index contributed by atoms with van der Waals surface area (Å²) in [5.74, 6) is 0.871. The van der Waals surface area contributed by atoms with Crippen molar-refractivity contribution in [3.63, 3.8) is 0 Å². The molecular formula is C18H21N3OS. The maximum Gasteiger partial charge on any atom is 0.146 e. The summed E-state index contributed by atoms with van der Waals surface area (Å²) in [6.45, 7) is 3.65. The molecule has 1 atom stereocenters. The van der Waals surface area contributed by atoms with E-state index in [1.807, 2.05) is 18.2 Å². The topological polar surface area (TPSA) is 36.4 Å². The molecule has 1 unspecified atom stereocenters. The van der Waals surface area contributed by atoms with Crippen LogP contribution in [0, 0.1) is 6.92 Å². The van der Waals surface area contributed by atoms with Gasteiger partial charge in [0.1, 0.15) is 16.8 Å². The molecule has 120 valence electrons. The van der Waals surface area contributed by atoms with Gasteiger partial charge in [0, 0.05) is 26.3 Å². The minimum atomic E-state index is -1.18. The number of nitrogens with zero attached hydrogens (tertiary/aromatic N) is 3. The van der Waals surface area contributed by atoms with Crippen molar-refractivity contribution in [1.82, 2.24) is 9.29 Å². The maximum atomic E-state index is 13.2. The number of pyridine rings is 1. The second kappa shape index (κ2) is 5.42. The largest absolute Gasteiger partial charge is 0.352 e. The molecule has 2 heterocycles. The number of rotatable bonds is 2. The lowest BCUT2D eigenvalue weighted by Gasteiger charge is -2.29. The van der Waals surface area contributed by atoms with E-state index < -0.39 is 11.0 Å². The predicted molar refractivity (Wildman–Crippen MR) is 92.6 cm³/mol. The summed E-state index contributed by atoms with van der Waals surface area (Å²) in [5.41, 5.74) is 2.59. The molecule has 23 heavy (non-hydrogen) atoms. The van der Waals surface area contributed by atoms with Crippen LogP contribution in [0.5, 0.6) is 0 Å². The van der Waals surface area contributed by atoms with Gasteiger partial charge in [-0.1, -0.05) is 24.3 Å². The van der Waals surface area contributed by atoms with E-state index in [9.17, 15) is 4.21 Å². The van der Waals surface area contributed by atoms with Crippen LogP contribution in [-0.4, -0.2) is 32.6 Å². The summed E-state index contributed by atoms with van der Waals surface area (Å²) in [6, 6.07) is 12.2. The Balaban J connectivity index is 1.74. The molecule has 0 N–H and O–H groups in total. The highest BCUT2D eigenvalue weighted by Gasteiger charge is 2.51. The lowest BCUT2D eigenvalue weighted by molar-refractivity contribution is 0.391. The lowest BCUT2D eigenvalue weighted by Crippen LogP contribution is -2.42. The first-order chi connectivity index (χ1) is 11.1. The van der Waals surface area contributed by atoms with Crippen LogP contribution in [-0.2, 0) is 17.5 Å². The van der Waals surface area contributed by atoms with Gasteiger partial charge < -0.3 is 4.90 Å². The van der Waals surface area contributed by atoms with E-state index in [4.69, 9.17) is 0 Å². The minimum Gasteiger partial charge on any atom is -0.352 e. The van der Waals surface area contributed by atoms with E-state index in [-0.39, 0.29) is 5.54 Å². The van der Waals surface area contributed by atoms with Crippen molar-refractivity contribution in [2.75, 3.05) is 18.5 Å². The van der Waals surface area contributed by atoms with Gasteiger partial charge in [0.25, 0.3) is 0 Å². The van der Waals surface area contributed by atoms with Crippen LogP contribution in [0.3, 0.4) is 0 Å². The molecule has 1 spiro atoms. The Morgan fingerprint density at radius 1 is 1.22 bits per heavy atom. The summed E-state index contributed by atoms with van der Waals surface area (Å²) in [7, 11) is 0.913. The number of benzene rings is 1. The van der Waals surface area contributed by atoms with Crippen LogP contribution in [0.25, 0.3) is 0 Å². The highest BCUT2D eigenvalue weighted by molar-refractivity contribution is 7.82. The highest BCUT2D eigenvalue weighted by atomic mass is 32.2. The van der Waals surface area contributed by atoms with Gasteiger partial charge in [-0.3, -0.25) is 0 Å². The third-order valence-corrected chi connectivity index (χ3v) is 6.53. The molecule has 1 saturated carbocycles. The fourth-order valence-electron chi connectivity index (χ4n) is 3.36. The van der Waals surface area contributed by atoms with Crippen molar-refractivity contribution in [1.29, 1.82) is 0 Å². The zero-order valence-electron chi connectivity index (χ0n) is 13.5. The van der Waals surface area contributed by atoms with Gasteiger partial charge in [0.15, 0.2) is 0 Å². The van der Waals surface area contributed by atoms with Crippen LogP contribution >= 0.6 is 0 Å². The highest BCUT2D eigenvalue weighted by Crippen LogP contribution is 2.47. The lowest BCUT2D eigenvalue weighted by atomic mass is 10.1. The average molecular weight is 327 g/mol. The van der Waals surface area contributed by atoms with E-state index in [0.29, 0.717) is 6.54 Å². The Morgan fingerprint density at radius 2 is 2.00 bits per heavy atom. The van der Waals surface area contributed by atoms with Crippen LogP contribution in [0.2, 0.25) is 0 Å². The fourth-order valence-corrected chi connectivity index (χ4v) is 4.79. The molecule has 0 saturated heterocycles. The third-order valence-electron chi connectivity index (χ3n) is 5.11. The molecule has 1 aromatic carbocycles. The Hall–Kier alpha value is -1.72. The second-order valence-electron chi connectivity index (χ2n) is 6.58. The SMILES string of the molecule is Cc1ccccc1CN1CC2(CC2)N(C)c2ncccc2S1=O. The molecule has 2 aromatic rings. The van der Waals surface area contributed by atoms with Crippen LogP contribution in [0.1, 0.15) is 24.0 Å². The molecule has 1 aliphatic heterocycles. The first kappa shape index (κ1) is 14.8. The molecule has 5 heteroatoms. The van der Waals surface area contributed by atoms with Crippen molar-refractivity contribution in [2.24, 2.45) is 0 Å². The summed E-state index contributed by atoms with van der Waals surface area (Å²) in [5, 5.41) is 0. The van der Waals surface area contributed by atoms with Crippen molar-refractivity contribution >= 4 is 16.8 Å². The molecule has 0 amide bonds. The molecule has 1 fully saturated rings. The number of anilines is 1. The summed E-state index contributed by atoms with van der Waals surface area (Å²) >= 11 is 0. The molecule has 1 aromatic heterocycles. The summed E-state index contributed by atoms with van der Waals surface area (Å²) in [6.07, 6.45) is 4.07. The van der Waals surface area contributed by atoms with Gasteiger partial charge in [0.05, 0.1) is 10.4 Å². The van der Waals surface area contributed by atoms with Gasteiger partial charge in [-0.05, 0) is 43.0 Å². The van der Waals surface area contributed by atoms with E-state index in [0.717, 1.165) is 30.1 Å². The van der Waals surface area contributed by atoms with Crippen LogP contribution in [0.4, 0.5) is 5.82 Å². The first-order valence-electron chi connectivity index (χ1n) is 8.01. The Bertz CT molecular complexity index is 772. The monoisotopic (exact) mass is 327 g/mol. The van der Waals surface area contributed by atoms with E-state index in [1.54, 1.807) is 6.20 Å². The number of fused-ring (bicyclic) bond motifs is 1. The minimum absolute atomic E-state index is 0.0952. The van der Waals surface area contributed by atoms with Crippen molar-refractivity contribution in [2.45, 2.75) is 36.7 Å². The number of aryl methyl sites for hydroxylation is 1. The standard InChI is InChI=1S/C18H21N3OS/c1-14-6-3-4-7-15(14)12-21-13-18(9-10-18)20(2)17-16(23(21)22)8-5-11-19-17/h3-8,11H,9-10,12-13H2,1-2H3. The van der Waals surface area contributed by atoms with Crippen LogP contribution in [0.15, 0.2) is 47.5 Å². The van der Waals surface area contributed by atoms with Gasteiger partial charge in [-0.25, -0.2) is 13.5 Å². The van der Waals surface area contributed by atoms with Crippen LogP contribution < -0.4 is 4.90 Å². The quantitative estimate of drug-likeness (QED) is 0.851. The van der Waals surface area contributed by atoms with Crippen molar-refractivity contribution < 1.29 is 4.21 Å². The van der Waals surface area contributed by atoms with Crippen molar-refractivity contribution in [3.05, 3.63) is 53.7 Å². The molecule has 4 rings (SSSR count). The number of hydrogen-bond donors (Lipinski definition) is 0. The van der Waals surface area contributed by atoms with Gasteiger partial charge in [-0.15, -0.1) is 0 Å². The molecule has 4 nitrogen and oxygen atoms in total. The molecule has 2 aliphatic rings. The second-order valence-corrected chi connectivity index (χ2v) is 8.04. The summed E-state index contributed by atoms with van der Waals surface area (Å²) in [4.78, 5) is 7.59. The molecule has 0 bridgehead atoms. The zero-order chi connectivity index (χ0) is 16.0. The first-order valence-corrected chi connectivity index (χ1v) is 9.12. The Kier molecular flexibility index (Phi) is 3.50. The van der Waals surface area contributed by atoms with E-state index in [1.165, 1.54) is 11.1 Å². The number of aromatic nitrogens is 1. The van der Waals surface area contributed by atoms with Gasteiger partial charge in [-0.2, -0.15) is 0 Å². The maximum absolute atomic E-state index is 13.2. The molecule has 1 aliphatic carbocycles. The normalized spacial score (nSPS) is 22.7. The fraction of sp³-hybridized carbons (Fsp3) is 0.389. The average Bonchev–Trinajstić information content (AvgIpc) is 3.36. The molecule has 0 radical (unpaired) electrons. The molecular weight excluding hydrogens is 306 g/mol. The van der Waals surface area contributed by atoms with Gasteiger partial charge >= 0.3 is 0 Å². The number of likely N-dealkylation sites (N-methyl/N-ethyl adjacent to an activating group) is 1. The van der Waals surface area contributed by atoms with Crippen molar-refractivity contribution in [3.8, 4) is 0 Å². The predicted octanol–water partition coefficient (Wildman–Crippen LogP) is 2.90. The van der Waals surface area contributed by atoms with Gasteiger partial charge in [0.2, 0.25) is 0 Å². The zero-order valence-corrected chi connectivity index (χ0v) is 14.3. The van der Waals surface area contributed by atoms with E-state index >= 15 is 0 Å².